The van der Waals surface area contributed by atoms with Crippen LogP contribution in [0.25, 0.3) is 0 Å². The van der Waals surface area contributed by atoms with E-state index in [1.807, 2.05) is 0 Å². The van der Waals surface area contributed by atoms with Crippen LogP contribution in [0.15, 0.2) is 12.4 Å². The third-order valence-electron chi connectivity index (χ3n) is 1.85. The zero-order chi connectivity index (χ0) is 12.0. The van der Waals surface area contributed by atoms with Crippen LogP contribution in [0.1, 0.15) is 19.3 Å². The van der Waals surface area contributed by atoms with Gasteiger partial charge in [-0.05, 0) is 12.8 Å². The van der Waals surface area contributed by atoms with Gasteiger partial charge in [0.2, 0.25) is 0 Å². The van der Waals surface area contributed by atoms with Crippen molar-refractivity contribution in [3.05, 3.63) is 12.4 Å². The summed E-state index contributed by atoms with van der Waals surface area (Å²) in [5.74, 6) is 0.757. The summed E-state index contributed by atoms with van der Waals surface area (Å²) < 4.78 is 35.4. The maximum Gasteiger partial charge on any atom is 0.389 e. The number of hydrogen-bond donors (Lipinski definition) is 2. The molecule has 0 radical (unpaired) electrons. The Balaban J connectivity index is 2.17. The molecule has 0 bridgehead atoms. The molecule has 0 saturated heterocycles. The van der Waals surface area contributed by atoms with Crippen LogP contribution in [0.4, 0.5) is 24.8 Å². The molecule has 1 aromatic rings. The Bertz CT molecular complexity index is 327. The Kier molecular flexibility index (Phi) is 4.33. The fourth-order valence-corrected chi connectivity index (χ4v) is 1.13. The predicted molar refractivity (Wildman–Crippen MR) is 54.8 cm³/mol. The third kappa shape index (κ3) is 5.38. The van der Waals surface area contributed by atoms with Crippen molar-refractivity contribution in [2.75, 3.05) is 17.6 Å². The number of nitrogens with one attached hydrogen (secondary N) is 1. The molecule has 0 saturated carbocycles. The molecule has 0 amide bonds. The first kappa shape index (κ1) is 12.5. The predicted octanol–water partition coefficient (Wildman–Crippen LogP) is 2.20. The van der Waals surface area contributed by atoms with Crippen molar-refractivity contribution in [2.45, 2.75) is 25.4 Å². The summed E-state index contributed by atoms with van der Waals surface area (Å²) in [6.07, 6.45) is -1.43. The summed E-state index contributed by atoms with van der Waals surface area (Å²) in [4.78, 5) is 7.69. The third-order valence-corrected chi connectivity index (χ3v) is 1.85. The van der Waals surface area contributed by atoms with Crippen LogP contribution in [0.2, 0.25) is 0 Å². The summed E-state index contributed by atoms with van der Waals surface area (Å²) in [5.41, 5.74) is 5.38. The summed E-state index contributed by atoms with van der Waals surface area (Å²) in [5, 5.41) is 2.85. The van der Waals surface area contributed by atoms with E-state index in [9.17, 15) is 13.2 Å². The summed E-state index contributed by atoms with van der Waals surface area (Å²) in [6.45, 7) is 0.425. The number of nitrogens with two attached hydrogens (primary N) is 1. The van der Waals surface area contributed by atoms with Crippen molar-refractivity contribution in [1.82, 2.24) is 9.97 Å². The lowest BCUT2D eigenvalue weighted by molar-refractivity contribution is -0.135. The summed E-state index contributed by atoms with van der Waals surface area (Å²) in [6, 6.07) is 0. The average Bonchev–Trinajstić information content (AvgIpc) is 2.15. The van der Waals surface area contributed by atoms with E-state index in [1.54, 1.807) is 0 Å². The van der Waals surface area contributed by atoms with Gasteiger partial charge in [0.25, 0.3) is 0 Å². The number of aromatic nitrogens is 2. The van der Waals surface area contributed by atoms with E-state index < -0.39 is 12.6 Å². The zero-order valence-electron chi connectivity index (χ0n) is 8.59. The Morgan fingerprint density at radius 2 is 2.00 bits per heavy atom. The lowest BCUT2D eigenvalue weighted by Crippen LogP contribution is -2.09. The van der Waals surface area contributed by atoms with E-state index in [-0.39, 0.29) is 12.2 Å². The lowest BCUT2D eigenvalue weighted by Gasteiger charge is -2.07. The van der Waals surface area contributed by atoms with Gasteiger partial charge in [-0.3, -0.25) is 4.98 Å². The highest BCUT2D eigenvalue weighted by Crippen LogP contribution is 2.22. The minimum Gasteiger partial charge on any atom is -0.382 e. The normalized spacial score (nSPS) is 11.4. The van der Waals surface area contributed by atoms with Crippen LogP contribution in [-0.2, 0) is 0 Å². The first-order chi connectivity index (χ1) is 7.47. The Labute approximate surface area is 91.1 Å². The molecule has 0 aliphatic heterocycles. The standard InChI is InChI=1S/C9H13F3N4/c10-9(11,12)3-1-2-4-15-8-6-14-5-7(13)16-8/h5-6H,1-4H2,(H3,13,15,16). The Morgan fingerprint density at radius 1 is 1.25 bits per heavy atom. The van der Waals surface area contributed by atoms with Gasteiger partial charge in [-0.15, -0.1) is 0 Å². The second-order valence-electron chi connectivity index (χ2n) is 3.33. The van der Waals surface area contributed by atoms with Crippen LogP contribution < -0.4 is 11.1 Å². The van der Waals surface area contributed by atoms with Crippen molar-refractivity contribution < 1.29 is 13.2 Å². The summed E-state index contributed by atoms with van der Waals surface area (Å²) >= 11 is 0. The van der Waals surface area contributed by atoms with Gasteiger partial charge in [0.1, 0.15) is 11.6 Å². The first-order valence-electron chi connectivity index (χ1n) is 4.85. The zero-order valence-corrected chi connectivity index (χ0v) is 8.59. The molecule has 1 heterocycles. The molecule has 1 aromatic heterocycles. The van der Waals surface area contributed by atoms with Gasteiger partial charge in [0.15, 0.2) is 0 Å². The molecule has 0 unspecified atom stereocenters. The molecule has 0 aliphatic carbocycles. The molecule has 0 aromatic carbocycles. The van der Waals surface area contributed by atoms with Crippen molar-refractivity contribution in [3.63, 3.8) is 0 Å². The van der Waals surface area contributed by atoms with Crippen LogP contribution in [0.3, 0.4) is 0 Å². The van der Waals surface area contributed by atoms with Gasteiger partial charge in [0, 0.05) is 13.0 Å². The lowest BCUT2D eigenvalue weighted by atomic mass is 10.2. The number of nitrogens with zero attached hydrogens (tertiary/aromatic N) is 2. The van der Waals surface area contributed by atoms with Crippen molar-refractivity contribution in [1.29, 1.82) is 0 Å². The Morgan fingerprint density at radius 3 is 2.62 bits per heavy atom. The molecule has 0 fully saturated rings. The minimum atomic E-state index is -4.07. The number of rotatable bonds is 5. The molecule has 1 rings (SSSR count). The Hall–Kier alpha value is -1.53. The first-order valence-corrected chi connectivity index (χ1v) is 4.85. The van der Waals surface area contributed by atoms with Crippen LogP contribution >= 0.6 is 0 Å². The molecule has 4 nitrogen and oxygen atoms in total. The minimum absolute atomic E-state index is 0.103. The second-order valence-corrected chi connectivity index (χ2v) is 3.33. The quantitative estimate of drug-likeness (QED) is 0.766. The maximum atomic E-state index is 11.8. The monoisotopic (exact) mass is 234 g/mol. The van der Waals surface area contributed by atoms with Crippen LogP contribution in [0.5, 0.6) is 0 Å². The van der Waals surface area contributed by atoms with Crippen molar-refractivity contribution in [3.8, 4) is 0 Å². The van der Waals surface area contributed by atoms with Crippen LogP contribution in [0, 0.1) is 0 Å². The van der Waals surface area contributed by atoms with E-state index in [0.29, 0.717) is 18.8 Å². The fraction of sp³-hybridized carbons (Fsp3) is 0.556. The largest absolute Gasteiger partial charge is 0.389 e. The highest BCUT2D eigenvalue weighted by atomic mass is 19.4. The van der Waals surface area contributed by atoms with E-state index >= 15 is 0 Å². The van der Waals surface area contributed by atoms with Gasteiger partial charge in [-0.2, -0.15) is 13.2 Å². The average molecular weight is 234 g/mol. The molecule has 0 aliphatic rings. The molecule has 90 valence electrons. The van der Waals surface area contributed by atoms with Gasteiger partial charge < -0.3 is 11.1 Å². The molecule has 3 N–H and O–H groups in total. The van der Waals surface area contributed by atoms with E-state index in [0.717, 1.165) is 0 Å². The number of hydrogen-bond acceptors (Lipinski definition) is 4. The highest BCUT2D eigenvalue weighted by Gasteiger charge is 2.25. The molecule has 16 heavy (non-hydrogen) atoms. The van der Waals surface area contributed by atoms with E-state index in [4.69, 9.17) is 5.73 Å². The number of unbranched alkanes of at least 4 members (excludes halogenated alkanes) is 1. The fourth-order valence-electron chi connectivity index (χ4n) is 1.13. The maximum absolute atomic E-state index is 11.8. The number of alkyl halides is 3. The van der Waals surface area contributed by atoms with E-state index in [1.165, 1.54) is 12.4 Å². The molecule has 0 atom stereocenters. The molecular weight excluding hydrogens is 221 g/mol. The SMILES string of the molecule is Nc1cncc(NCCCCC(F)(F)F)n1. The van der Waals surface area contributed by atoms with Crippen molar-refractivity contribution in [2.24, 2.45) is 0 Å². The van der Waals surface area contributed by atoms with Gasteiger partial charge in [-0.25, -0.2) is 4.98 Å². The second kappa shape index (κ2) is 5.53. The van der Waals surface area contributed by atoms with Gasteiger partial charge in [-0.1, -0.05) is 0 Å². The molecule has 0 spiro atoms. The van der Waals surface area contributed by atoms with Crippen molar-refractivity contribution >= 4 is 11.6 Å². The van der Waals surface area contributed by atoms with Gasteiger partial charge >= 0.3 is 6.18 Å². The topological polar surface area (TPSA) is 63.8 Å². The molecular formula is C9H13F3N4. The van der Waals surface area contributed by atoms with Crippen LogP contribution in [-0.4, -0.2) is 22.7 Å². The molecule has 7 heteroatoms. The smallest absolute Gasteiger partial charge is 0.382 e. The van der Waals surface area contributed by atoms with Gasteiger partial charge in [0.05, 0.1) is 12.4 Å². The highest BCUT2D eigenvalue weighted by molar-refractivity contribution is 5.37. The van der Waals surface area contributed by atoms with E-state index in [2.05, 4.69) is 15.3 Å². The number of nitrogen functional groups attached to an aromatic ring is 1. The number of halogens is 3. The number of anilines is 2. The summed E-state index contributed by atoms with van der Waals surface area (Å²) in [7, 11) is 0.